The lowest BCUT2D eigenvalue weighted by Crippen LogP contribution is -2.46. The summed E-state index contributed by atoms with van der Waals surface area (Å²) < 4.78 is 30.8. The highest BCUT2D eigenvalue weighted by Crippen LogP contribution is 2.39. The van der Waals surface area contributed by atoms with Crippen LogP contribution >= 0.6 is 11.6 Å². The van der Waals surface area contributed by atoms with Gasteiger partial charge in [-0.15, -0.1) is 0 Å². The number of ether oxygens (including phenoxy) is 2. The van der Waals surface area contributed by atoms with Crippen LogP contribution in [0.1, 0.15) is 28.9 Å². The molecule has 0 saturated heterocycles. The molecule has 2 atom stereocenters. The number of benzene rings is 2. The lowest BCUT2D eigenvalue weighted by molar-refractivity contribution is -0.123. The molecule has 0 spiro atoms. The molecule has 1 aromatic heterocycles. The number of amides is 2. The van der Waals surface area contributed by atoms with Crippen LogP contribution < -0.4 is 19.7 Å². The minimum absolute atomic E-state index is 0.0378. The predicted molar refractivity (Wildman–Crippen MR) is 124 cm³/mol. The Morgan fingerprint density at radius 1 is 1.18 bits per heavy atom. The van der Waals surface area contributed by atoms with Crippen LogP contribution in [0.4, 0.5) is 10.1 Å². The molecule has 1 unspecified atom stereocenters. The first-order valence-electron chi connectivity index (χ1n) is 10.3. The van der Waals surface area contributed by atoms with Crippen molar-refractivity contribution in [2.75, 3.05) is 25.7 Å². The number of aliphatic hydroxyl groups excluding tert-OH is 1. The quantitative estimate of drug-likeness (QED) is 0.470. The third kappa shape index (κ3) is 5.32. The molecule has 10 heteroatoms. The van der Waals surface area contributed by atoms with Crippen molar-refractivity contribution in [3.8, 4) is 11.5 Å². The number of aliphatic hydroxyl groups is 1. The minimum atomic E-state index is -1.49. The van der Waals surface area contributed by atoms with E-state index in [-0.39, 0.29) is 34.3 Å². The molecule has 2 aromatic carbocycles. The van der Waals surface area contributed by atoms with Crippen LogP contribution in [0, 0.1) is 5.82 Å². The second-order valence-corrected chi connectivity index (χ2v) is 7.68. The van der Waals surface area contributed by atoms with Crippen LogP contribution in [0.2, 0.25) is 5.22 Å². The molecule has 1 heterocycles. The largest absolute Gasteiger partial charge is 0.497 e. The normalized spacial score (nSPS) is 12.5. The molecule has 180 valence electrons. The van der Waals surface area contributed by atoms with Gasteiger partial charge in [0.05, 0.1) is 37.8 Å². The summed E-state index contributed by atoms with van der Waals surface area (Å²) in [4.78, 5) is 28.2. The zero-order valence-corrected chi connectivity index (χ0v) is 19.5. The Bertz CT molecular complexity index is 1170. The summed E-state index contributed by atoms with van der Waals surface area (Å²) in [5, 5.41) is 12.0. The first-order chi connectivity index (χ1) is 16.3. The summed E-state index contributed by atoms with van der Waals surface area (Å²) in [7, 11) is 2.85. The van der Waals surface area contributed by atoms with Crippen LogP contribution in [0.3, 0.4) is 0 Å². The van der Waals surface area contributed by atoms with Gasteiger partial charge in [0.2, 0.25) is 11.1 Å². The van der Waals surface area contributed by atoms with Crippen molar-refractivity contribution in [2.24, 2.45) is 0 Å². The molecule has 2 amide bonds. The van der Waals surface area contributed by atoms with Crippen molar-refractivity contribution in [3.63, 3.8) is 0 Å². The van der Waals surface area contributed by atoms with E-state index in [2.05, 4.69) is 5.32 Å². The average Bonchev–Trinajstić information content (AvgIpc) is 3.26. The molecular weight excluding hydrogens is 467 g/mol. The number of methoxy groups -OCH3 is 2. The van der Waals surface area contributed by atoms with Gasteiger partial charge in [-0.25, -0.2) is 4.39 Å². The molecule has 0 aliphatic rings. The SMILES string of the molecule is COc1ccc(N(C(=O)c2ccoc2Cl)C(C(=O)NC[C@@H](C)O)c2ccccc2F)c(OC)c1. The van der Waals surface area contributed by atoms with E-state index < -0.39 is 29.8 Å². The lowest BCUT2D eigenvalue weighted by Gasteiger charge is -2.32. The molecule has 0 bridgehead atoms. The molecule has 3 aromatic rings. The molecular formula is C24H24ClFN2O6. The predicted octanol–water partition coefficient (Wildman–Crippen LogP) is 3.97. The van der Waals surface area contributed by atoms with E-state index in [0.29, 0.717) is 5.75 Å². The molecule has 8 nitrogen and oxygen atoms in total. The smallest absolute Gasteiger partial charge is 0.264 e. The van der Waals surface area contributed by atoms with Gasteiger partial charge in [0.25, 0.3) is 5.91 Å². The number of carbonyl (C=O) groups is 2. The van der Waals surface area contributed by atoms with Crippen molar-refractivity contribution < 1.29 is 33.0 Å². The molecule has 0 radical (unpaired) electrons. The van der Waals surface area contributed by atoms with E-state index in [0.717, 1.165) is 4.90 Å². The van der Waals surface area contributed by atoms with Crippen molar-refractivity contribution in [1.29, 1.82) is 0 Å². The van der Waals surface area contributed by atoms with Gasteiger partial charge in [0.15, 0.2) is 0 Å². The van der Waals surface area contributed by atoms with Crippen LogP contribution in [0.5, 0.6) is 11.5 Å². The highest BCUT2D eigenvalue weighted by molar-refractivity contribution is 6.33. The Labute approximate surface area is 200 Å². The van der Waals surface area contributed by atoms with Crippen molar-refractivity contribution in [3.05, 3.63) is 77.0 Å². The maximum absolute atomic E-state index is 15.0. The van der Waals surface area contributed by atoms with Gasteiger partial charge in [-0.1, -0.05) is 18.2 Å². The maximum Gasteiger partial charge on any atom is 0.264 e. The van der Waals surface area contributed by atoms with Crippen molar-refractivity contribution in [1.82, 2.24) is 5.32 Å². The highest BCUT2D eigenvalue weighted by Gasteiger charge is 2.37. The molecule has 34 heavy (non-hydrogen) atoms. The number of hydrogen-bond acceptors (Lipinski definition) is 6. The van der Waals surface area contributed by atoms with Gasteiger partial charge in [0, 0.05) is 18.2 Å². The number of carbonyl (C=O) groups excluding carboxylic acids is 2. The fraction of sp³-hybridized carbons (Fsp3) is 0.250. The van der Waals surface area contributed by atoms with E-state index >= 15 is 0 Å². The van der Waals surface area contributed by atoms with Gasteiger partial charge >= 0.3 is 0 Å². The number of hydrogen-bond donors (Lipinski definition) is 2. The second kappa shape index (κ2) is 11.0. The lowest BCUT2D eigenvalue weighted by atomic mass is 10.0. The average molecular weight is 491 g/mol. The fourth-order valence-electron chi connectivity index (χ4n) is 3.37. The van der Waals surface area contributed by atoms with Crippen LogP contribution in [-0.4, -0.2) is 43.8 Å². The van der Waals surface area contributed by atoms with Crippen molar-refractivity contribution in [2.45, 2.75) is 19.1 Å². The summed E-state index contributed by atoms with van der Waals surface area (Å²) in [6.45, 7) is 1.37. The Hall–Kier alpha value is -3.56. The Morgan fingerprint density at radius 2 is 1.91 bits per heavy atom. The highest BCUT2D eigenvalue weighted by atomic mass is 35.5. The third-order valence-corrected chi connectivity index (χ3v) is 5.28. The molecule has 0 fully saturated rings. The number of nitrogens with one attached hydrogen (secondary N) is 1. The van der Waals surface area contributed by atoms with E-state index in [1.807, 2.05) is 0 Å². The Balaban J connectivity index is 2.26. The number of anilines is 1. The van der Waals surface area contributed by atoms with Gasteiger partial charge < -0.3 is 24.3 Å². The summed E-state index contributed by atoms with van der Waals surface area (Å²) in [6.07, 6.45) is 0.359. The van der Waals surface area contributed by atoms with E-state index in [1.165, 1.54) is 63.8 Å². The van der Waals surface area contributed by atoms with E-state index in [9.17, 15) is 19.1 Å². The molecule has 0 aliphatic carbocycles. The van der Waals surface area contributed by atoms with E-state index in [4.69, 9.17) is 25.5 Å². The number of nitrogens with zero attached hydrogens (tertiary/aromatic N) is 1. The van der Waals surface area contributed by atoms with Gasteiger partial charge in [-0.3, -0.25) is 14.5 Å². The minimum Gasteiger partial charge on any atom is -0.497 e. The molecule has 3 rings (SSSR count). The van der Waals surface area contributed by atoms with Crippen molar-refractivity contribution >= 4 is 29.1 Å². The molecule has 2 N–H and O–H groups in total. The zero-order valence-electron chi connectivity index (χ0n) is 18.7. The van der Waals surface area contributed by atoms with Crippen LogP contribution in [0.25, 0.3) is 0 Å². The summed E-state index contributed by atoms with van der Waals surface area (Å²) >= 11 is 6.08. The Kier molecular flexibility index (Phi) is 8.14. The van der Waals surface area contributed by atoms with Crippen LogP contribution in [0.15, 0.2) is 59.2 Å². The monoisotopic (exact) mass is 490 g/mol. The maximum atomic E-state index is 15.0. The summed E-state index contributed by atoms with van der Waals surface area (Å²) in [5.41, 5.74) is 0.0478. The van der Waals surface area contributed by atoms with Gasteiger partial charge in [-0.05, 0) is 42.8 Å². The second-order valence-electron chi connectivity index (χ2n) is 7.34. The summed E-state index contributed by atoms with van der Waals surface area (Å²) in [6, 6.07) is 10.1. The standard InChI is InChI=1S/C24H24ClFN2O6/c1-14(29)13-27-23(30)21(16-6-4-5-7-18(16)26)28(24(31)17-10-11-34-22(17)25)19-9-8-15(32-2)12-20(19)33-3/h4-12,14,21,29H,13H2,1-3H3,(H,27,30)/t14-,21?/m1/s1. The van der Waals surface area contributed by atoms with Crippen LogP contribution in [-0.2, 0) is 4.79 Å². The topological polar surface area (TPSA) is 101 Å². The first kappa shape index (κ1) is 25.1. The molecule has 0 saturated carbocycles. The zero-order chi connectivity index (χ0) is 24.8. The number of rotatable bonds is 9. The summed E-state index contributed by atoms with van der Waals surface area (Å²) in [5.74, 6) is -1.53. The third-order valence-electron chi connectivity index (χ3n) is 4.99. The Morgan fingerprint density at radius 3 is 2.50 bits per heavy atom. The number of furan rings is 1. The van der Waals surface area contributed by atoms with E-state index in [1.54, 1.807) is 12.1 Å². The van der Waals surface area contributed by atoms with Gasteiger partial charge in [-0.2, -0.15) is 0 Å². The first-order valence-corrected chi connectivity index (χ1v) is 10.6. The number of halogens is 2. The van der Waals surface area contributed by atoms with Gasteiger partial charge in [0.1, 0.15) is 23.4 Å². The fourth-order valence-corrected chi connectivity index (χ4v) is 3.56. The molecule has 0 aliphatic heterocycles.